The Hall–Kier alpha value is -1.16. The van der Waals surface area contributed by atoms with Crippen molar-refractivity contribution in [3.05, 3.63) is 69.2 Å². The van der Waals surface area contributed by atoms with Gasteiger partial charge in [-0.3, -0.25) is 0 Å². The van der Waals surface area contributed by atoms with Crippen LogP contribution in [-0.4, -0.2) is 0 Å². The van der Waals surface area contributed by atoms with E-state index >= 15 is 0 Å². The summed E-state index contributed by atoms with van der Waals surface area (Å²) in [7, 11) is 0. The second-order valence-corrected chi connectivity index (χ2v) is 5.12. The van der Waals surface area contributed by atoms with E-state index in [4.69, 9.17) is 28.9 Å². The Bertz CT molecular complexity index is 582. The minimum absolute atomic E-state index is 0.239. The van der Waals surface area contributed by atoms with Crippen LogP contribution in [0.5, 0.6) is 0 Å². The van der Waals surface area contributed by atoms with Crippen molar-refractivity contribution in [2.75, 3.05) is 0 Å². The Morgan fingerprint density at radius 1 is 1.00 bits per heavy atom. The van der Waals surface area contributed by atoms with E-state index in [1.807, 2.05) is 0 Å². The number of nitrogens with two attached hydrogens (primary N) is 1. The van der Waals surface area contributed by atoms with Crippen molar-refractivity contribution in [1.29, 1.82) is 0 Å². The van der Waals surface area contributed by atoms with Gasteiger partial charge in [-0.15, -0.1) is 0 Å². The van der Waals surface area contributed by atoms with Gasteiger partial charge >= 0.3 is 0 Å². The van der Waals surface area contributed by atoms with E-state index in [0.717, 1.165) is 6.07 Å². The van der Waals surface area contributed by atoms with Crippen LogP contribution >= 0.6 is 23.2 Å². The van der Waals surface area contributed by atoms with Crippen molar-refractivity contribution >= 4 is 23.2 Å². The third kappa shape index (κ3) is 3.66. The van der Waals surface area contributed by atoms with Crippen molar-refractivity contribution in [1.82, 2.24) is 0 Å². The van der Waals surface area contributed by atoms with Crippen molar-refractivity contribution in [2.24, 2.45) is 5.73 Å². The van der Waals surface area contributed by atoms with Crippen LogP contribution in [-0.2, 0) is 6.42 Å². The largest absolute Gasteiger partial charge is 0.324 e. The van der Waals surface area contributed by atoms with Gasteiger partial charge in [0.2, 0.25) is 0 Å². The van der Waals surface area contributed by atoms with E-state index in [1.165, 1.54) is 12.1 Å². The molecule has 0 aliphatic rings. The second-order valence-electron chi connectivity index (χ2n) is 4.25. The third-order valence-electron chi connectivity index (χ3n) is 2.77. The normalized spacial score (nSPS) is 12.5. The molecular formula is C14H11Cl2F2N. The van der Waals surface area contributed by atoms with Crippen LogP contribution in [0.4, 0.5) is 8.78 Å². The van der Waals surface area contributed by atoms with Crippen LogP contribution < -0.4 is 5.73 Å². The summed E-state index contributed by atoms with van der Waals surface area (Å²) < 4.78 is 26.3. The summed E-state index contributed by atoms with van der Waals surface area (Å²) in [5.74, 6) is -1.22. The average Bonchev–Trinajstić information content (AvgIpc) is 2.31. The zero-order chi connectivity index (χ0) is 14.0. The molecule has 2 aromatic carbocycles. The summed E-state index contributed by atoms with van der Waals surface area (Å²) in [6.45, 7) is 0. The highest BCUT2D eigenvalue weighted by atomic mass is 35.5. The first-order chi connectivity index (χ1) is 8.95. The molecule has 19 heavy (non-hydrogen) atoms. The van der Waals surface area contributed by atoms with Crippen LogP contribution in [0.3, 0.4) is 0 Å². The van der Waals surface area contributed by atoms with Crippen LogP contribution in [0.25, 0.3) is 0 Å². The number of halogens is 4. The lowest BCUT2D eigenvalue weighted by atomic mass is 9.99. The molecule has 0 amide bonds. The van der Waals surface area contributed by atoms with Gasteiger partial charge in [-0.1, -0.05) is 29.3 Å². The molecule has 2 aromatic rings. The molecule has 100 valence electrons. The quantitative estimate of drug-likeness (QED) is 0.886. The van der Waals surface area contributed by atoms with Crippen molar-refractivity contribution in [3.63, 3.8) is 0 Å². The first-order valence-corrected chi connectivity index (χ1v) is 6.37. The molecule has 1 atom stereocenters. The van der Waals surface area contributed by atoms with Crippen molar-refractivity contribution in [3.8, 4) is 0 Å². The minimum Gasteiger partial charge on any atom is -0.324 e. The monoisotopic (exact) mass is 301 g/mol. The predicted octanol–water partition coefficient (Wildman–Crippen LogP) is 4.51. The van der Waals surface area contributed by atoms with Crippen LogP contribution in [0.15, 0.2) is 36.4 Å². The molecule has 0 heterocycles. The number of hydrogen-bond donors (Lipinski definition) is 1. The summed E-state index contributed by atoms with van der Waals surface area (Å²) >= 11 is 11.8. The van der Waals surface area contributed by atoms with Crippen LogP contribution in [0.1, 0.15) is 17.2 Å². The molecule has 0 radical (unpaired) electrons. The van der Waals surface area contributed by atoms with Crippen molar-refractivity contribution < 1.29 is 8.78 Å². The maximum atomic E-state index is 13.5. The summed E-state index contributed by atoms with van der Waals surface area (Å²) in [6.07, 6.45) is 0.239. The molecule has 0 aliphatic heterocycles. The molecule has 1 nitrogen and oxygen atoms in total. The molecule has 0 aromatic heterocycles. The van der Waals surface area contributed by atoms with Gasteiger partial charge in [-0.25, -0.2) is 8.78 Å². The maximum absolute atomic E-state index is 13.5. The lowest BCUT2D eigenvalue weighted by Gasteiger charge is -2.13. The van der Waals surface area contributed by atoms with E-state index in [0.29, 0.717) is 21.2 Å². The molecule has 2 N–H and O–H groups in total. The molecule has 0 spiro atoms. The predicted molar refractivity (Wildman–Crippen MR) is 73.5 cm³/mol. The van der Waals surface area contributed by atoms with Gasteiger partial charge in [0.15, 0.2) is 0 Å². The molecule has 0 saturated heterocycles. The number of benzene rings is 2. The van der Waals surface area contributed by atoms with Crippen LogP contribution in [0, 0.1) is 11.6 Å². The van der Waals surface area contributed by atoms with E-state index in [2.05, 4.69) is 0 Å². The number of rotatable bonds is 3. The zero-order valence-electron chi connectivity index (χ0n) is 9.84. The zero-order valence-corrected chi connectivity index (χ0v) is 11.3. The van der Waals surface area contributed by atoms with Gasteiger partial charge in [0, 0.05) is 22.2 Å². The fourth-order valence-corrected chi connectivity index (χ4v) is 2.37. The van der Waals surface area contributed by atoms with Gasteiger partial charge in [0.05, 0.1) is 0 Å². The molecule has 1 unspecified atom stereocenters. The standard InChI is InChI=1S/C14H11Cl2F2N/c15-10-3-9(4-11(16)6-10)14(19)5-8-1-2-12(17)7-13(8)18/h1-4,6-7,14H,5,19H2. The first kappa shape index (κ1) is 14.3. The Morgan fingerprint density at radius 2 is 1.63 bits per heavy atom. The summed E-state index contributed by atoms with van der Waals surface area (Å²) in [5, 5.41) is 0.940. The fourth-order valence-electron chi connectivity index (χ4n) is 1.83. The van der Waals surface area contributed by atoms with Gasteiger partial charge in [0.1, 0.15) is 11.6 Å². The molecule has 0 fully saturated rings. The summed E-state index contributed by atoms with van der Waals surface area (Å²) in [6, 6.07) is 7.92. The Morgan fingerprint density at radius 3 is 2.21 bits per heavy atom. The summed E-state index contributed by atoms with van der Waals surface area (Å²) in [4.78, 5) is 0. The lowest BCUT2D eigenvalue weighted by Crippen LogP contribution is -2.14. The molecule has 0 bridgehead atoms. The summed E-state index contributed by atoms with van der Waals surface area (Å²) in [5.41, 5.74) is 7.06. The molecule has 5 heteroatoms. The first-order valence-electron chi connectivity index (χ1n) is 5.61. The van der Waals surface area contributed by atoms with Crippen LogP contribution in [0.2, 0.25) is 10.0 Å². The lowest BCUT2D eigenvalue weighted by molar-refractivity contribution is 0.563. The van der Waals surface area contributed by atoms with E-state index in [9.17, 15) is 8.78 Å². The van der Waals surface area contributed by atoms with E-state index < -0.39 is 17.7 Å². The third-order valence-corrected chi connectivity index (χ3v) is 3.20. The minimum atomic E-state index is -0.611. The van der Waals surface area contributed by atoms with Gasteiger partial charge in [-0.2, -0.15) is 0 Å². The topological polar surface area (TPSA) is 26.0 Å². The fraction of sp³-hybridized carbons (Fsp3) is 0.143. The van der Waals surface area contributed by atoms with E-state index in [1.54, 1.807) is 18.2 Å². The SMILES string of the molecule is NC(Cc1ccc(F)cc1F)c1cc(Cl)cc(Cl)c1. The van der Waals surface area contributed by atoms with Gasteiger partial charge in [-0.05, 0) is 41.8 Å². The molecular weight excluding hydrogens is 291 g/mol. The van der Waals surface area contributed by atoms with Gasteiger partial charge < -0.3 is 5.73 Å². The Kier molecular flexibility index (Phi) is 4.40. The molecule has 2 rings (SSSR count). The highest BCUT2D eigenvalue weighted by Crippen LogP contribution is 2.25. The smallest absolute Gasteiger partial charge is 0.129 e. The maximum Gasteiger partial charge on any atom is 0.129 e. The highest BCUT2D eigenvalue weighted by molar-refractivity contribution is 6.34. The highest BCUT2D eigenvalue weighted by Gasteiger charge is 2.12. The van der Waals surface area contributed by atoms with Crippen molar-refractivity contribution in [2.45, 2.75) is 12.5 Å². The Labute approximate surface area is 119 Å². The molecule has 0 saturated carbocycles. The van der Waals surface area contributed by atoms with E-state index in [-0.39, 0.29) is 6.42 Å². The average molecular weight is 302 g/mol. The molecule has 0 aliphatic carbocycles. The second kappa shape index (κ2) is 5.87. The Balaban J connectivity index is 2.22. The van der Waals surface area contributed by atoms with Gasteiger partial charge in [0.25, 0.3) is 0 Å². The number of hydrogen-bond acceptors (Lipinski definition) is 1.